The minimum atomic E-state index is -4.31. The number of rotatable bonds is 3. The second-order valence-electron chi connectivity index (χ2n) is 3.96. The molecule has 3 nitrogen and oxygen atoms in total. The third-order valence-corrected chi connectivity index (χ3v) is 2.65. The van der Waals surface area contributed by atoms with E-state index < -0.39 is 12.7 Å². The molecule has 2 aromatic rings. The number of hydrogen-bond donors (Lipinski definition) is 0. The molecule has 0 aliphatic rings. The Kier molecular flexibility index (Phi) is 3.47. The smallest absolute Gasteiger partial charge is 0.303 e. The molecule has 0 aliphatic heterocycles. The minimum absolute atomic E-state index is 0.222. The van der Waals surface area contributed by atoms with E-state index >= 15 is 0 Å². The third kappa shape index (κ3) is 2.75. The predicted octanol–water partition coefficient (Wildman–Crippen LogP) is 3.08. The molecule has 7 heteroatoms. The summed E-state index contributed by atoms with van der Waals surface area (Å²) >= 11 is 5.58. The first-order valence-electron chi connectivity index (χ1n) is 5.36. The zero-order valence-corrected chi connectivity index (χ0v) is 10.4. The summed E-state index contributed by atoms with van der Waals surface area (Å²) in [7, 11) is 0. The van der Waals surface area contributed by atoms with Gasteiger partial charge < -0.3 is 4.57 Å². The van der Waals surface area contributed by atoms with E-state index in [1.54, 1.807) is 19.1 Å². The molecule has 18 heavy (non-hydrogen) atoms. The number of hydrogen-bond acceptors (Lipinski definition) is 2. The molecular formula is C11H11ClF3N3. The number of alkyl halides is 4. The van der Waals surface area contributed by atoms with Gasteiger partial charge >= 0.3 is 6.18 Å². The topological polar surface area (TPSA) is 30.7 Å². The Morgan fingerprint density at radius 3 is 2.61 bits per heavy atom. The monoisotopic (exact) mass is 277 g/mol. The molecule has 0 fully saturated rings. The van der Waals surface area contributed by atoms with E-state index in [0.29, 0.717) is 17.0 Å². The maximum Gasteiger partial charge on any atom is 0.406 e. The highest BCUT2D eigenvalue weighted by molar-refractivity contribution is 6.17. The molecule has 2 aromatic heterocycles. The van der Waals surface area contributed by atoms with E-state index in [4.69, 9.17) is 11.6 Å². The van der Waals surface area contributed by atoms with Crippen molar-refractivity contribution in [2.24, 2.45) is 0 Å². The number of pyridine rings is 1. The minimum Gasteiger partial charge on any atom is -0.303 e. The molecule has 0 atom stereocenters. The Bertz CT molecular complexity index is 562. The zero-order chi connectivity index (χ0) is 13.3. The SMILES string of the molecule is Cc1ccc2nc(CCCl)n(CC(F)(F)F)c2n1. The van der Waals surface area contributed by atoms with E-state index in [2.05, 4.69) is 9.97 Å². The van der Waals surface area contributed by atoms with Crippen molar-refractivity contribution in [2.45, 2.75) is 26.1 Å². The van der Waals surface area contributed by atoms with Crippen molar-refractivity contribution >= 4 is 22.8 Å². The standard InChI is InChI=1S/C11H11ClF3N3/c1-7-2-3-8-10(16-7)18(6-11(13,14)15)9(17-8)4-5-12/h2-3H,4-6H2,1H3. The fourth-order valence-electron chi connectivity index (χ4n) is 1.76. The van der Waals surface area contributed by atoms with Crippen LogP contribution in [0.3, 0.4) is 0 Å². The molecule has 0 bridgehead atoms. The van der Waals surface area contributed by atoms with E-state index in [0.717, 1.165) is 4.57 Å². The van der Waals surface area contributed by atoms with Gasteiger partial charge in [-0.05, 0) is 19.1 Å². The van der Waals surface area contributed by atoms with Crippen molar-refractivity contribution in [3.05, 3.63) is 23.7 Å². The van der Waals surface area contributed by atoms with Crippen LogP contribution in [0.15, 0.2) is 12.1 Å². The van der Waals surface area contributed by atoms with Gasteiger partial charge in [0.2, 0.25) is 0 Å². The van der Waals surface area contributed by atoms with Crippen LogP contribution >= 0.6 is 11.6 Å². The number of imidazole rings is 1. The van der Waals surface area contributed by atoms with Gasteiger partial charge in [0.05, 0.1) is 0 Å². The lowest BCUT2D eigenvalue weighted by Gasteiger charge is -2.10. The third-order valence-electron chi connectivity index (χ3n) is 2.47. The number of fused-ring (bicyclic) bond motifs is 1. The van der Waals surface area contributed by atoms with Gasteiger partial charge in [-0.25, -0.2) is 9.97 Å². The van der Waals surface area contributed by atoms with Crippen molar-refractivity contribution in [2.75, 3.05) is 5.88 Å². The first-order valence-corrected chi connectivity index (χ1v) is 5.89. The number of nitrogens with zero attached hydrogens (tertiary/aromatic N) is 3. The lowest BCUT2D eigenvalue weighted by Crippen LogP contribution is -2.20. The van der Waals surface area contributed by atoms with Crippen molar-refractivity contribution in [3.8, 4) is 0 Å². The largest absolute Gasteiger partial charge is 0.406 e. The Hall–Kier alpha value is -1.30. The first-order chi connectivity index (χ1) is 8.40. The Morgan fingerprint density at radius 1 is 1.28 bits per heavy atom. The molecule has 0 N–H and O–H groups in total. The second kappa shape index (κ2) is 4.76. The summed E-state index contributed by atoms with van der Waals surface area (Å²) in [6.45, 7) is 0.637. The quantitative estimate of drug-likeness (QED) is 0.807. The molecular weight excluding hydrogens is 267 g/mol. The molecule has 98 valence electrons. The van der Waals surface area contributed by atoms with Crippen LogP contribution in [0.25, 0.3) is 11.2 Å². The summed E-state index contributed by atoms with van der Waals surface area (Å²) in [5.74, 6) is 0.538. The van der Waals surface area contributed by atoms with Crippen LogP contribution in [0.5, 0.6) is 0 Å². The fraction of sp³-hybridized carbons (Fsp3) is 0.455. The highest BCUT2D eigenvalue weighted by Gasteiger charge is 2.30. The fourth-order valence-corrected chi connectivity index (χ4v) is 1.93. The Labute approximate surface area is 107 Å². The molecule has 0 aromatic carbocycles. The van der Waals surface area contributed by atoms with Crippen LogP contribution in [0, 0.1) is 6.92 Å². The average molecular weight is 278 g/mol. The van der Waals surface area contributed by atoms with Gasteiger partial charge in [-0.1, -0.05) is 0 Å². The molecule has 0 saturated carbocycles. The van der Waals surface area contributed by atoms with Gasteiger partial charge in [-0.2, -0.15) is 13.2 Å². The summed E-state index contributed by atoms with van der Waals surface area (Å²) in [5.41, 5.74) is 1.38. The maximum atomic E-state index is 12.6. The van der Waals surface area contributed by atoms with Crippen molar-refractivity contribution in [3.63, 3.8) is 0 Å². The Morgan fingerprint density at radius 2 is 2.00 bits per heavy atom. The van der Waals surface area contributed by atoms with Crippen LogP contribution in [-0.4, -0.2) is 26.6 Å². The lowest BCUT2D eigenvalue weighted by atomic mass is 10.3. The molecule has 0 aliphatic carbocycles. The van der Waals surface area contributed by atoms with Crippen LogP contribution in [0.1, 0.15) is 11.5 Å². The van der Waals surface area contributed by atoms with Crippen LogP contribution in [0.2, 0.25) is 0 Å². The molecule has 0 radical (unpaired) electrons. The molecule has 0 spiro atoms. The highest BCUT2D eigenvalue weighted by Crippen LogP contribution is 2.23. The first kappa shape index (κ1) is 13.1. The van der Waals surface area contributed by atoms with Gasteiger partial charge in [0, 0.05) is 18.0 Å². The molecule has 0 amide bonds. The number of aromatic nitrogens is 3. The van der Waals surface area contributed by atoms with Gasteiger partial charge in [-0.3, -0.25) is 0 Å². The van der Waals surface area contributed by atoms with Gasteiger partial charge in [0.1, 0.15) is 17.9 Å². The number of halogens is 4. The maximum absolute atomic E-state index is 12.6. The lowest BCUT2D eigenvalue weighted by molar-refractivity contribution is -0.140. The van der Waals surface area contributed by atoms with E-state index in [9.17, 15) is 13.2 Å². The summed E-state index contributed by atoms with van der Waals surface area (Å²) < 4.78 is 38.8. The molecule has 0 saturated heterocycles. The second-order valence-corrected chi connectivity index (χ2v) is 4.34. The van der Waals surface area contributed by atoms with Crippen molar-refractivity contribution in [1.82, 2.24) is 14.5 Å². The normalized spacial score (nSPS) is 12.3. The van der Waals surface area contributed by atoms with Crippen molar-refractivity contribution in [1.29, 1.82) is 0 Å². The van der Waals surface area contributed by atoms with Gasteiger partial charge in [0.15, 0.2) is 5.65 Å². The van der Waals surface area contributed by atoms with Crippen LogP contribution < -0.4 is 0 Å². The summed E-state index contributed by atoms with van der Waals surface area (Å²) in [6, 6.07) is 3.39. The van der Waals surface area contributed by atoms with Crippen molar-refractivity contribution < 1.29 is 13.2 Å². The molecule has 2 rings (SSSR count). The van der Waals surface area contributed by atoms with Crippen LogP contribution in [-0.2, 0) is 13.0 Å². The summed E-state index contributed by atoms with van der Waals surface area (Å²) in [6.07, 6.45) is -4.02. The Balaban J connectivity index is 2.57. The zero-order valence-electron chi connectivity index (χ0n) is 9.63. The van der Waals surface area contributed by atoms with Gasteiger partial charge in [-0.15, -0.1) is 11.6 Å². The van der Waals surface area contributed by atoms with E-state index in [1.807, 2.05) is 0 Å². The van der Waals surface area contributed by atoms with E-state index in [-0.39, 0.29) is 17.9 Å². The van der Waals surface area contributed by atoms with Crippen LogP contribution in [0.4, 0.5) is 13.2 Å². The van der Waals surface area contributed by atoms with Gasteiger partial charge in [0.25, 0.3) is 0 Å². The molecule has 0 unspecified atom stereocenters. The highest BCUT2D eigenvalue weighted by atomic mass is 35.5. The average Bonchev–Trinajstić information content (AvgIpc) is 2.56. The number of aryl methyl sites for hydroxylation is 2. The summed E-state index contributed by atoms with van der Waals surface area (Å²) in [5, 5.41) is 0. The predicted molar refractivity (Wildman–Crippen MR) is 62.7 cm³/mol. The summed E-state index contributed by atoms with van der Waals surface area (Å²) in [4.78, 5) is 8.26. The molecule has 2 heterocycles. The van der Waals surface area contributed by atoms with E-state index in [1.165, 1.54) is 0 Å².